The van der Waals surface area contributed by atoms with Gasteiger partial charge in [0.2, 0.25) is 0 Å². The molecule has 2 aromatic heterocycles. The van der Waals surface area contributed by atoms with E-state index in [1.54, 1.807) is 37.0 Å². The van der Waals surface area contributed by atoms with E-state index in [1.165, 1.54) is 10.9 Å². The van der Waals surface area contributed by atoms with Crippen LogP contribution in [0.1, 0.15) is 32.2 Å². The third-order valence-corrected chi connectivity index (χ3v) is 7.07. The second kappa shape index (κ2) is 9.81. The second-order valence-electron chi connectivity index (χ2n) is 8.91. The van der Waals surface area contributed by atoms with Crippen LogP contribution in [0.5, 0.6) is 11.5 Å². The van der Waals surface area contributed by atoms with Crippen LogP contribution in [0.25, 0.3) is 21.8 Å². The highest BCUT2D eigenvalue weighted by molar-refractivity contribution is 6.31. The van der Waals surface area contributed by atoms with E-state index in [0.29, 0.717) is 59.9 Å². The maximum Gasteiger partial charge on any atom is 0.331 e. The summed E-state index contributed by atoms with van der Waals surface area (Å²) >= 11 is 6.20. The lowest BCUT2D eigenvalue weighted by molar-refractivity contribution is 0.355. The number of ether oxygens (including phenoxy) is 2. The van der Waals surface area contributed by atoms with E-state index in [9.17, 15) is 9.59 Å². The quantitative estimate of drug-likeness (QED) is 0.387. The summed E-state index contributed by atoms with van der Waals surface area (Å²) < 4.78 is 14.0. The SMILES string of the molecule is CCCn1c(=O)n(C2CCN(c3ncnc4cc(OC)c(OC)cc34)CC2)c(=O)c2cc(Cl)ccc21. The smallest absolute Gasteiger partial charge is 0.331 e. The van der Waals surface area contributed by atoms with Crippen LogP contribution in [0.15, 0.2) is 46.2 Å². The Morgan fingerprint density at radius 2 is 1.72 bits per heavy atom. The second-order valence-corrected chi connectivity index (χ2v) is 9.35. The van der Waals surface area contributed by atoms with Crippen molar-refractivity contribution in [3.05, 3.63) is 62.5 Å². The first kappa shape index (κ1) is 24.1. The van der Waals surface area contributed by atoms with E-state index in [-0.39, 0.29) is 17.3 Å². The number of halogens is 1. The first-order chi connectivity index (χ1) is 17.5. The summed E-state index contributed by atoms with van der Waals surface area (Å²) in [6, 6.07) is 8.64. The average Bonchev–Trinajstić information content (AvgIpc) is 2.90. The van der Waals surface area contributed by atoms with E-state index in [0.717, 1.165) is 23.1 Å². The minimum Gasteiger partial charge on any atom is -0.493 e. The van der Waals surface area contributed by atoms with Crippen molar-refractivity contribution in [3.63, 3.8) is 0 Å². The minimum atomic E-state index is -0.285. The Kier molecular flexibility index (Phi) is 6.57. The Balaban J connectivity index is 1.50. The molecule has 4 aromatic rings. The van der Waals surface area contributed by atoms with Gasteiger partial charge < -0.3 is 14.4 Å². The number of benzene rings is 2. The third-order valence-electron chi connectivity index (χ3n) is 6.83. The van der Waals surface area contributed by atoms with E-state index >= 15 is 0 Å². The molecule has 0 bridgehead atoms. The Bertz CT molecular complexity index is 1560. The molecule has 10 heteroatoms. The van der Waals surface area contributed by atoms with Crippen molar-refractivity contribution in [2.75, 3.05) is 32.2 Å². The Morgan fingerprint density at radius 1 is 1.00 bits per heavy atom. The largest absolute Gasteiger partial charge is 0.493 e. The lowest BCUT2D eigenvalue weighted by Crippen LogP contribution is -2.46. The van der Waals surface area contributed by atoms with Crippen LogP contribution in [-0.4, -0.2) is 46.4 Å². The van der Waals surface area contributed by atoms with Crippen LogP contribution >= 0.6 is 11.6 Å². The predicted octanol–water partition coefficient (Wildman–Crippen LogP) is 4.03. The van der Waals surface area contributed by atoms with Crippen LogP contribution in [-0.2, 0) is 6.54 Å². The number of rotatable bonds is 6. The maximum absolute atomic E-state index is 13.5. The molecule has 0 spiro atoms. The summed E-state index contributed by atoms with van der Waals surface area (Å²) in [6.45, 7) is 3.82. The molecule has 0 radical (unpaired) electrons. The molecule has 1 aliphatic heterocycles. The number of fused-ring (bicyclic) bond motifs is 2. The van der Waals surface area contributed by atoms with Gasteiger partial charge in [-0.1, -0.05) is 18.5 Å². The molecule has 1 saturated heterocycles. The zero-order valence-electron chi connectivity index (χ0n) is 20.5. The summed E-state index contributed by atoms with van der Waals surface area (Å²) in [5, 5.41) is 1.81. The molecule has 0 unspecified atom stereocenters. The number of anilines is 1. The molecule has 2 aromatic carbocycles. The molecule has 1 fully saturated rings. The molecule has 0 saturated carbocycles. The number of hydrogen-bond acceptors (Lipinski definition) is 7. The predicted molar refractivity (Wildman–Crippen MR) is 141 cm³/mol. The molecule has 1 aliphatic rings. The van der Waals surface area contributed by atoms with E-state index in [1.807, 2.05) is 19.1 Å². The number of aromatic nitrogens is 4. The lowest BCUT2D eigenvalue weighted by atomic mass is 10.0. The normalized spacial score (nSPS) is 14.5. The molecule has 36 heavy (non-hydrogen) atoms. The van der Waals surface area contributed by atoms with Crippen molar-refractivity contribution in [1.29, 1.82) is 0 Å². The molecule has 0 N–H and O–H groups in total. The first-order valence-corrected chi connectivity index (χ1v) is 12.4. The molecule has 0 aliphatic carbocycles. The van der Waals surface area contributed by atoms with Gasteiger partial charge in [0.15, 0.2) is 11.5 Å². The molecular weight excluding hydrogens is 482 g/mol. The van der Waals surface area contributed by atoms with Crippen LogP contribution in [0, 0.1) is 0 Å². The lowest BCUT2D eigenvalue weighted by Gasteiger charge is -2.34. The van der Waals surface area contributed by atoms with Crippen LogP contribution < -0.4 is 25.6 Å². The zero-order chi connectivity index (χ0) is 25.4. The number of nitrogens with zero attached hydrogens (tertiary/aromatic N) is 5. The van der Waals surface area contributed by atoms with Crippen molar-refractivity contribution in [2.24, 2.45) is 0 Å². The Hall–Kier alpha value is -3.59. The van der Waals surface area contributed by atoms with Gasteiger partial charge in [0, 0.05) is 42.2 Å². The summed E-state index contributed by atoms with van der Waals surface area (Å²) in [7, 11) is 3.19. The molecular formula is C26H28ClN5O4. The van der Waals surface area contributed by atoms with Crippen molar-refractivity contribution < 1.29 is 9.47 Å². The van der Waals surface area contributed by atoms with Gasteiger partial charge in [-0.3, -0.25) is 13.9 Å². The highest BCUT2D eigenvalue weighted by Gasteiger charge is 2.27. The van der Waals surface area contributed by atoms with Gasteiger partial charge in [0.1, 0.15) is 12.1 Å². The topological polar surface area (TPSA) is 91.5 Å². The summed E-state index contributed by atoms with van der Waals surface area (Å²) in [6.07, 6.45) is 3.58. The van der Waals surface area contributed by atoms with Gasteiger partial charge in [-0.05, 0) is 43.5 Å². The highest BCUT2D eigenvalue weighted by Crippen LogP contribution is 2.36. The number of methoxy groups -OCH3 is 2. The maximum atomic E-state index is 13.5. The summed E-state index contributed by atoms with van der Waals surface area (Å²) in [5.41, 5.74) is 0.832. The van der Waals surface area contributed by atoms with Crippen LogP contribution in [0.3, 0.4) is 0 Å². The van der Waals surface area contributed by atoms with Gasteiger partial charge in [-0.2, -0.15) is 0 Å². The Morgan fingerprint density at radius 3 is 2.42 bits per heavy atom. The number of piperidine rings is 1. The fourth-order valence-electron chi connectivity index (χ4n) is 5.08. The summed E-state index contributed by atoms with van der Waals surface area (Å²) in [4.78, 5) is 38.0. The zero-order valence-corrected chi connectivity index (χ0v) is 21.3. The van der Waals surface area contributed by atoms with Gasteiger partial charge in [0.05, 0.1) is 30.6 Å². The van der Waals surface area contributed by atoms with Gasteiger partial charge in [-0.15, -0.1) is 0 Å². The molecule has 3 heterocycles. The monoisotopic (exact) mass is 509 g/mol. The van der Waals surface area contributed by atoms with Crippen molar-refractivity contribution >= 4 is 39.2 Å². The van der Waals surface area contributed by atoms with Crippen molar-refractivity contribution in [1.82, 2.24) is 19.1 Å². The van der Waals surface area contributed by atoms with E-state index < -0.39 is 0 Å². The van der Waals surface area contributed by atoms with Crippen LogP contribution in [0.2, 0.25) is 5.02 Å². The van der Waals surface area contributed by atoms with E-state index in [4.69, 9.17) is 21.1 Å². The first-order valence-electron chi connectivity index (χ1n) is 12.0. The van der Waals surface area contributed by atoms with Crippen molar-refractivity contribution in [2.45, 2.75) is 38.8 Å². The fourth-order valence-corrected chi connectivity index (χ4v) is 5.26. The molecule has 0 atom stereocenters. The van der Waals surface area contributed by atoms with Crippen molar-refractivity contribution in [3.8, 4) is 11.5 Å². The number of hydrogen-bond donors (Lipinski definition) is 0. The van der Waals surface area contributed by atoms with Crippen LogP contribution in [0.4, 0.5) is 5.82 Å². The Labute approximate surface area is 212 Å². The average molecular weight is 510 g/mol. The molecule has 9 nitrogen and oxygen atoms in total. The fraction of sp³-hybridized carbons (Fsp3) is 0.385. The minimum absolute atomic E-state index is 0.213. The van der Waals surface area contributed by atoms with E-state index in [2.05, 4.69) is 14.9 Å². The third kappa shape index (κ3) is 4.07. The standard InChI is InChI=1S/C26H28ClN5O4/c1-4-9-31-21-6-5-16(27)12-19(21)25(33)32(26(31)34)17-7-10-30(11-8-17)24-18-13-22(35-2)23(36-3)14-20(18)28-15-29-24/h5-6,12-15,17H,4,7-11H2,1-3H3. The number of aryl methyl sites for hydroxylation is 1. The van der Waals surface area contributed by atoms with Gasteiger partial charge >= 0.3 is 5.69 Å². The molecule has 188 valence electrons. The van der Waals surface area contributed by atoms with Gasteiger partial charge in [-0.25, -0.2) is 14.8 Å². The van der Waals surface area contributed by atoms with Gasteiger partial charge in [0.25, 0.3) is 5.56 Å². The summed E-state index contributed by atoms with van der Waals surface area (Å²) in [5.74, 6) is 2.00. The molecule has 5 rings (SSSR count). The highest BCUT2D eigenvalue weighted by atomic mass is 35.5. The molecule has 0 amide bonds.